The lowest BCUT2D eigenvalue weighted by Gasteiger charge is -2.08. The molecule has 4 heteroatoms. The van der Waals surface area contributed by atoms with Crippen molar-refractivity contribution in [3.8, 4) is 11.6 Å². The Morgan fingerprint density at radius 2 is 1.85 bits per heavy atom. The molecular weight excluding hydrogens is 268 g/mol. The van der Waals surface area contributed by atoms with Crippen LogP contribution in [0.5, 0.6) is 11.6 Å². The Hall–Kier alpha value is -2.46. The fourth-order valence-electron chi connectivity index (χ4n) is 2.02. The lowest BCUT2D eigenvalue weighted by molar-refractivity contribution is 0.468. The number of nitrogens with zero attached hydrogens (tertiary/aromatic N) is 1. The second-order valence-electron chi connectivity index (χ2n) is 4.33. The van der Waals surface area contributed by atoms with Crippen LogP contribution in [0.15, 0.2) is 60.8 Å². The van der Waals surface area contributed by atoms with Crippen LogP contribution < -0.4 is 10.5 Å². The van der Waals surface area contributed by atoms with E-state index in [9.17, 15) is 0 Å². The van der Waals surface area contributed by atoms with Gasteiger partial charge in [0, 0.05) is 23.2 Å². The van der Waals surface area contributed by atoms with Crippen LogP contribution in [0.1, 0.15) is 5.56 Å². The molecule has 3 aromatic rings. The Balaban J connectivity index is 2.01. The maximum atomic E-state index is 5.86. The van der Waals surface area contributed by atoms with Crippen molar-refractivity contribution in [1.29, 1.82) is 0 Å². The van der Waals surface area contributed by atoms with Crippen LogP contribution in [-0.4, -0.2) is 9.97 Å². The molecule has 98 valence electrons. The van der Waals surface area contributed by atoms with Gasteiger partial charge in [-0.1, -0.05) is 48.6 Å². The molecule has 1 aromatic heterocycles. The molecule has 0 unspecified atom stereocenters. The van der Waals surface area contributed by atoms with E-state index in [1.807, 2.05) is 42.5 Å². The first-order valence-corrected chi connectivity index (χ1v) is 6.56. The quantitative estimate of drug-likeness (QED) is 0.744. The molecule has 0 atom stereocenters. The number of fused-ring (bicyclic) bond motifs is 1. The van der Waals surface area contributed by atoms with Crippen molar-refractivity contribution in [3.05, 3.63) is 66.4 Å². The average Bonchev–Trinajstić information content (AvgIpc) is 2.48. The van der Waals surface area contributed by atoms with Crippen molar-refractivity contribution in [3.63, 3.8) is 0 Å². The largest absolute Gasteiger partial charge is 0.438 e. The van der Waals surface area contributed by atoms with Crippen LogP contribution in [0, 0.1) is 0 Å². The molecule has 0 radical (unpaired) electrons. The zero-order valence-electron chi connectivity index (χ0n) is 10.6. The average molecular weight is 280 g/mol. The number of hydrogen-bond acceptors (Lipinski definition) is 3. The summed E-state index contributed by atoms with van der Waals surface area (Å²) in [5.74, 6) is 1.24. The van der Waals surface area contributed by atoms with Crippen LogP contribution in [0.3, 0.4) is 0 Å². The maximum absolute atomic E-state index is 5.86. The molecule has 1 heterocycles. The standard InChI is InChI=1S/C16H12N2OS/c17-16(20)12-8-9-18-15(10-12)19-14-7-3-5-11-4-1-2-6-13(11)14/h1-10H,(H2,17,20). The first kappa shape index (κ1) is 12.6. The molecular formula is C16H12N2OS. The van der Waals surface area contributed by atoms with E-state index < -0.39 is 0 Å². The first-order chi connectivity index (χ1) is 9.74. The number of hydrogen-bond donors (Lipinski definition) is 1. The smallest absolute Gasteiger partial charge is 0.219 e. The highest BCUT2D eigenvalue weighted by Gasteiger charge is 2.05. The van der Waals surface area contributed by atoms with E-state index in [4.69, 9.17) is 22.7 Å². The van der Waals surface area contributed by atoms with Gasteiger partial charge in [-0.05, 0) is 17.5 Å². The summed E-state index contributed by atoms with van der Waals surface area (Å²) < 4.78 is 5.86. The molecule has 0 fully saturated rings. The fourth-order valence-corrected chi connectivity index (χ4v) is 2.14. The number of aromatic nitrogens is 1. The van der Waals surface area contributed by atoms with Crippen molar-refractivity contribution in [2.45, 2.75) is 0 Å². The van der Waals surface area contributed by atoms with Gasteiger partial charge in [0.2, 0.25) is 5.88 Å². The van der Waals surface area contributed by atoms with Crippen LogP contribution in [0.25, 0.3) is 10.8 Å². The summed E-state index contributed by atoms with van der Waals surface area (Å²) in [7, 11) is 0. The molecule has 0 aliphatic carbocycles. The predicted octanol–water partition coefficient (Wildman–Crippen LogP) is 3.66. The van der Waals surface area contributed by atoms with Crippen molar-refractivity contribution < 1.29 is 4.74 Å². The molecule has 0 saturated heterocycles. The number of ether oxygens (including phenoxy) is 1. The maximum Gasteiger partial charge on any atom is 0.219 e. The molecule has 3 nitrogen and oxygen atoms in total. The zero-order chi connectivity index (χ0) is 13.9. The highest BCUT2D eigenvalue weighted by molar-refractivity contribution is 7.80. The van der Waals surface area contributed by atoms with Gasteiger partial charge in [-0.15, -0.1) is 0 Å². The van der Waals surface area contributed by atoms with Gasteiger partial charge in [0.25, 0.3) is 0 Å². The van der Waals surface area contributed by atoms with Gasteiger partial charge in [-0.3, -0.25) is 0 Å². The minimum absolute atomic E-state index is 0.329. The fraction of sp³-hybridized carbons (Fsp3) is 0. The molecule has 3 rings (SSSR count). The van der Waals surface area contributed by atoms with Crippen molar-refractivity contribution in [1.82, 2.24) is 4.98 Å². The minimum atomic E-state index is 0.329. The van der Waals surface area contributed by atoms with Gasteiger partial charge in [-0.2, -0.15) is 0 Å². The van der Waals surface area contributed by atoms with E-state index in [2.05, 4.69) is 4.98 Å². The second kappa shape index (κ2) is 5.27. The molecule has 0 aliphatic rings. The Labute approximate surface area is 122 Å². The highest BCUT2D eigenvalue weighted by atomic mass is 32.1. The highest BCUT2D eigenvalue weighted by Crippen LogP contribution is 2.28. The first-order valence-electron chi connectivity index (χ1n) is 6.15. The van der Waals surface area contributed by atoms with E-state index in [0.717, 1.165) is 22.1 Å². The van der Waals surface area contributed by atoms with E-state index in [-0.39, 0.29) is 0 Å². The van der Waals surface area contributed by atoms with Gasteiger partial charge in [-0.25, -0.2) is 4.98 Å². The number of rotatable bonds is 3. The molecule has 0 spiro atoms. The van der Waals surface area contributed by atoms with E-state index in [1.54, 1.807) is 18.3 Å². The molecule has 0 bridgehead atoms. The third-order valence-electron chi connectivity index (χ3n) is 2.98. The Kier molecular flexibility index (Phi) is 3.31. The SMILES string of the molecule is NC(=S)c1ccnc(Oc2cccc3ccccc23)c1. The van der Waals surface area contributed by atoms with E-state index in [0.29, 0.717) is 10.9 Å². The topological polar surface area (TPSA) is 48.1 Å². The predicted molar refractivity (Wildman–Crippen MR) is 84.1 cm³/mol. The van der Waals surface area contributed by atoms with Gasteiger partial charge in [0.05, 0.1) is 0 Å². The number of nitrogens with two attached hydrogens (primary N) is 1. The summed E-state index contributed by atoms with van der Waals surface area (Å²) in [6.45, 7) is 0. The molecule has 2 aromatic carbocycles. The summed E-state index contributed by atoms with van der Waals surface area (Å²) in [4.78, 5) is 4.52. The van der Waals surface area contributed by atoms with Crippen molar-refractivity contribution in [2.24, 2.45) is 5.73 Å². The van der Waals surface area contributed by atoms with E-state index >= 15 is 0 Å². The summed E-state index contributed by atoms with van der Waals surface area (Å²) >= 11 is 4.96. The van der Waals surface area contributed by atoms with Crippen LogP contribution in [0.4, 0.5) is 0 Å². The van der Waals surface area contributed by atoms with E-state index in [1.165, 1.54) is 0 Å². The molecule has 0 aliphatic heterocycles. The van der Waals surface area contributed by atoms with Gasteiger partial charge < -0.3 is 10.5 Å². The molecule has 20 heavy (non-hydrogen) atoms. The molecule has 0 amide bonds. The number of thiocarbonyl (C=S) groups is 1. The van der Waals surface area contributed by atoms with Crippen LogP contribution >= 0.6 is 12.2 Å². The molecule has 2 N–H and O–H groups in total. The zero-order valence-corrected chi connectivity index (χ0v) is 11.4. The Morgan fingerprint density at radius 3 is 2.70 bits per heavy atom. The summed E-state index contributed by atoms with van der Waals surface area (Å²) in [6, 6.07) is 17.4. The number of benzene rings is 2. The van der Waals surface area contributed by atoms with Crippen LogP contribution in [-0.2, 0) is 0 Å². The Morgan fingerprint density at radius 1 is 1.05 bits per heavy atom. The van der Waals surface area contributed by atoms with Gasteiger partial charge >= 0.3 is 0 Å². The molecule has 0 saturated carbocycles. The monoisotopic (exact) mass is 280 g/mol. The second-order valence-corrected chi connectivity index (χ2v) is 4.77. The third-order valence-corrected chi connectivity index (χ3v) is 3.22. The lowest BCUT2D eigenvalue weighted by Crippen LogP contribution is -2.09. The van der Waals surface area contributed by atoms with Crippen molar-refractivity contribution >= 4 is 28.0 Å². The lowest BCUT2D eigenvalue weighted by atomic mass is 10.1. The third kappa shape index (κ3) is 2.46. The summed E-state index contributed by atoms with van der Waals surface area (Å²) in [5, 5.41) is 2.16. The summed E-state index contributed by atoms with van der Waals surface area (Å²) in [5.41, 5.74) is 6.36. The minimum Gasteiger partial charge on any atom is -0.438 e. The van der Waals surface area contributed by atoms with Crippen LogP contribution in [0.2, 0.25) is 0 Å². The Bertz CT molecular complexity index is 781. The number of pyridine rings is 1. The van der Waals surface area contributed by atoms with Gasteiger partial charge in [0.15, 0.2) is 0 Å². The van der Waals surface area contributed by atoms with Gasteiger partial charge in [0.1, 0.15) is 10.7 Å². The van der Waals surface area contributed by atoms with Crippen molar-refractivity contribution in [2.75, 3.05) is 0 Å². The normalized spacial score (nSPS) is 10.4. The summed E-state index contributed by atoms with van der Waals surface area (Å²) in [6.07, 6.45) is 1.63.